The smallest absolute Gasteiger partial charge is 0.186 e. The summed E-state index contributed by atoms with van der Waals surface area (Å²) in [7, 11) is 1.37. The van der Waals surface area contributed by atoms with Crippen LogP contribution in [0.5, 0.6) is 0 Å². The molecule has 1 saturated heterocycles. The number of ether oxygens (including phenoxy) is 2. The number of aliphatic hydroxyl groups excluding tert-OH is 3. The molecule has 5 nitrogen and oxygen atoms in total. The molecule has 3 N–H and O–H groups in total. The Balaban J connectivity index is 2.63. The van der Waals surface area contributed by atoms with Gasteiger partial charge in [0.25, 0.3) is 0 Å². The lowest BCUT2D eigenvalue weighted by Gasteiger charge is -2.38. The zero-order valence-corrected chi connectivity index (χ0v) is 7.04. The third-order valence-electron chi connectivity index (χ3n) is 2.04. The van der Waals surface area contributed by atoms with Gasteiger partial charge in [-0.3, -0.25) is 0 Å². The molecule has 0 aliphatic carbocycles. The van der Waals surface area contributed by atoms with E-state index in [4.69, 9.17) is 9.47 Å². The van der Waals surface area contributed by atoms with E-state index in [0.29, 0.717) is 0 Å². The molecule has 1 aliphatic heterocycles. The predicted octanol–water partition coefficient (Wildman–Crippen LogP) is -1.54. The molecule has 0 aromatic rings. The average molecular weight is 178 g/mol. The fourth-order valence-corrected chi connectivity index (χ4v) is 1.21. The van der Waals surface area contributed by atoms with Gasteiger partial charge >= 0.3 is 0 Å². The van der Waals surface area contributed by atoms with Gasteiger partial charge in [0.1, 0.15) is 18.3 Å². The highest BCUT2D eigenvalue weighted by Gasteiger charge is 2.41. The molecule has 0 radical (unpaired) electrons. The minimum absolute atomic E-state index is 0.534. The van der Waals surface area contributed by atoms with Crippen molar-refractivity contribution in [3.05, 3.63) is 0 Å². The Bertz CT molecular complexity index is 146. The van der Waals surface area contributed by atoms with E-state index < -0.39 is 30.7 Å². The fraction of sp³-hybridized carbons (Fsp3) is 1.00. The van der Waals surface area contributed by atoms with Crippen molar-refractivity contribution in [2.45, 2.75) is 37.6 Å². The third-order valence-corrected chi connectivity index (χ3v) is 2.04. The molecule has 0 saturated carbocycles. The highest BCUT2D eigenvalue weighted by molar-refractivity contribution is 4.86. The first-order valence-corrected chi connectivity index (χ1v) is 3.80. The molecular formula is C7H14O5. The fourth-order valence-electron chi connectivity index (χ4n) is 1.21. The predicted molar refractivity (Wildman–Crippen MR) is 39.4 cm³/mol. The van der Waals surface area contributed by atoms with Crippen LogP contribution in [0, 0.1) is 0 Å². The molecule has 5 atom stereocenters. The maximum Gasteiger partial charge on any atom is 0.186 e. The summed E-state index contributed by atoms with van der Waals surface area (Å²) in [6.45, 7) is 1.60. The van der Waals surface area contributed by atoms with E-state index in [0.717, 1.165) is 0 Å². The summed E-state index contributed by atoms with van der Waals surface area (Å²) in [5.74, 6) is 0. The van der Waals surface area contributed by atoms with Gasteiger partial charge in [-0.2, -0.15) is 0 Å². The molecule has 0 bridgehead atoms. The Kier molecular flexibility index (Phi) is 3.03. The van der Waals surface area contributed by atoms with E-state index in [2.05, 4.69) is 0 Å². The van der Waals surface area contributed by atoms with Gasteiger partial charge in [0, 0.05) is 7.11 Å². The summed E-state index contributed by atoms with van der Waals surface area (Å²) in [5.41, 5.74) is 0. The van der Waals surface area contributed by atoms with Gasteiger partial charge in [0.2, 0.25) is 0 Å². The Morgan fingerprint density at radius 3 is 2.17 bits per heavy atom. The zero-order chi connectivity index (χ0) is 9.30. The lowest BCUT2D eigenvalue weighted by atomic mass is 10.0. The number of hydrogen-bond acceptors (Lipinski definition) is 5. The molecule has 0 unspecified atom stereocenters. The largest absolute Gasteiger partial charge is 0.388 e. The minimum Gasteiger partial charge on any atom is -0.388 e. The lowest BCUT2D eigenvalue weighted by molar-refractivity contribution is -0.286. The Hall–Kier alpha value is -0.200. The molecule has 1 heterocycles. The quantitative estimate of drug-likeness (QED) is 0.453. The van der Waals surface area contributed by atoms with Crippen LogP contribution in [-0.2, 0) is 9.47 Å². The highest BCUT2D eigenvalue weighted by Crippen LogP contribution is 2.20. The van der Waals surface area contributed by atoms with Crippen LogP contribution >= 0.6 is 0 Å². The van der Waals surface area contributed by atoms with Gasteiger partial charge in [-0.05, 0) is 6.92 Å². The highest BCUT2D eigenvalue weighted by atomic mass is 16.7. The first-order chi connectivity index (χ1) is 5.57. The maximum atomic E-state index is 9.27. The van der Waals surface area contributed by atoms with Gasteiger partial charge in [-0.15, -0.1) is 0 Å². The summed E-state index contributed by atoms with van der Waals surface area (Å²) in [6.07, 6.45) is -4.86. The van der Waals surface area contributed by atoms with E-state index in [9.17, 15) is 15.3 Å². The topological polar surface area (TPSA) is 79.2 Å². The molecule has 72 valence electrons. The standard InChI is InChI=1S/C7H14O5/c1-3-4(8)5(9)6(10)7(11-2)12-3/h3-10H,1-2H3/t3-,4+,5+,6-,7+/m1/s1. The first-order valence-electron chi connectivity index (χ1n) is 3.80. The van der Waals surface area contributed by atoms with Crippen LogP contribution in [0.2, 0.25) is 0 Å². The molecule has 0 aromatic heterocycles. The number of rotatable bonds is 1. The van der Waals surface area contributed by atoms with Gasteiger partial charge in [-0.25, -0.2) is 0 Å². The van der Waals surface area contributed by atoms with Crippen molar-refractivity contribution in [2.24, 2.45) is 0 Å². The first kappa shape index (κ1) is 9.88. The SMILES string of the molecule is CO[C@H]1O[C@H](C)[C@H](O)[C@H](O)[C@H]1O. The molecule has 1 aliphatic rings. The Morgan fingerprint density at radius 1 is 1.08 bits per heavy atom. The van der Waals surface area contributed by atoms with Crippen molar-refractivity contribution >= 4 is 0 Å². The van der Waals surface area contributed by atoms with E-state index in [1.807, 2.05) is 0 Å². The van der Waals surface area contributed by atoms with Gasteiger partial charge in [0.15, 0.2) is 6.29 Å². The van der Waals surface area contributed by atoms with Crippen LogP contribution in [0.3, 0.4) is 0 Å². The summed E-state index contributed by atoms with van der Waals surface area (Å²) < 4.78 is 9.80. The Morgan fingerprint density at radius 2 is 1.67 bits per heavy atom. The monoisotopic (exact) mass is 178 g/mol. The second-order valence-corrected chi connectivity index (χ2v) is 2.92. The minimum atomic E-state index is -1.21. The number of aliphatic hydroxyl groups is 3. The van der Waals surface area contributed by atoms with E-state index in [1.165, 1.54) is 7.11 Å². The molecule has 1 fully saturated rings. The molecule has 1 rings (SSSR count). The average Bonchev–Trinajstić information content (AvgIpc) is 2.08. The third kappa shape index (κ3) is 1.60. The molecule has 5 heteroatoms. The van der Waals surface area contributed by atoms with Crippen LogP contribution < -0.4 is 0 Å². The number of hydrogen-bond donors (Lipinski definition) is 3. The van der Waals surface area contributed by atoms with E-state index in [-0.39, 0.29) is 0 Å². The second kappa shape index (κ2) is 3.68. The number of methoxy groups -OCH3 is 1. The van der Waals surface area contributed by atoms with Crippen molar-refractivity contribution in [3.63, 3.8) is 0 Å². The summed E-state index contributed by atoms with van der Waals surface area (Å²) in [5, 5.41) is 27.8. The Labute approximate surface area is 70.5 Å². The van der Waals surface area contributed by atoms with Crippen molar-refractivity contribution in [1.29, 1.82) is 0 Å². The summed E-state index contributed by atoms with van der Waals surface area (Å²) >= 11 is 0. The lowest BCUT2D eigenvalue weighted by Crippen LogP contribution is -2.57. The van der Waals surface area contributed by atoms with E-state index >= 15 is 0 Å². The van der Waals surface area contributed by atoms with Crippen molar-refractivity contribution < 1.29 is 24.8 Å². The normalized spacial score (nSPS) is 49.2. The van der Waals surface area contributed by atoms with Gasteiger partial charge in [-0.1, -0.05) is 0 Å². The van der Waals surface area contributed by atoms with Crippen molar-refractivity contribution in [2.75, 3.05) is 7.11 Å². The zero-order valence-electron chi connectivity index (χ0n) is 7.04. The summed E-state index contributed by atoms with van der Waals surface area (Å²) in [4.78, 5) is 0. The molecule has 12 heavy (non-hydrogen) atoms. The van der Waals surface area contributed by atoms with Crippen LogP contribution in [0.25, 0.3) is 0 Å². The summed E-state index contributed by atoms with van der Waals surface area (Å²) in [6, 6.07) is 0. The molecule has 0 spiro atoms. The molecular weight excluding hydrogens is 164 g/mol. The van der Waals surface area contributed by atoms with Crippen molar-refractivity contribution in [3.8, 4) is 0 Å². The van der Waals surface area contributed by atoms with E-state index in [1.54, 1.807) is 6.92 Å². The van der Waals surface area contributed by atoms with Crippen molar-refractivity contribution in [1.82, 2.24) is 0 Å². The van der Waals surface area contributed by atoms with Gasteiger partial charge in [0.05, 0.1) is 6.10 Å². The molecule has 0 amide bonds. The maximum absolute atomic E-state index is 9.27. The second-order valence-electron chi connectivity index (χ2n) is 2.92. The molecule has 0 aromatic carbocycles. The van der Waals surface area contributed by atoms with Crippen LogP contribution in [0.1, 0.15) is 6.92 Å². The van der Waals surface area contributed by atoms with Crippen LogP contribution in [0.4, 0.5) is 0 Å². The van der Waals surface area contributed by atoms with Crippen LogP contribution in [0.15, 0.2) is 0 Å². The van der Waals surface area contributed by atoms with Gasteiger partial charge < -0.3 is 24.8 Å². The van der Waals surface area contributed by atoms with Crippen LogP contribution in [-0.4, -0.2) is 53.1 Å².